The van der Waals surface area contributed by atoms with Gasteiger partial charge in [0.05, 0.1) is 11.3 Å². The molecule has 2 aromatic heterocycles. The van der Waals surface area contributed by atoms with Gasteiger partial charge in [0, 0.05) is 23.1 Å². The predicted molar refractivity (Wildman–Crippen MR) is 94.7 cm³/mol. The minimum absolute atomic E-state index is 0.0547. The lowest BCUT2D eigenvalue weighted by atomic mass is 10.0. The molecule has 25 heavy (non-hydrogen) atoms. The van der Waals surface area contributed by atoms with Gasteiger partial charge >= 0.3 is 0 Å². The van der Waals surface area contributed by atoms with Gasteiger partial charge in [-0.3, -0.25) is 9.59 Å². The van der Waals surface area contributed by atoms with E-state index in [9.17, 15) is 14.0 Å². The molecule has 0 aliphatic carbocycles. The third-order valence-corrected chi connectivity index (χ3v) is 4.73. The van der Waals surface area contributed by atoms with E-state index in [1.807, 2.05) is 30.7 Å². The Hall–Kier alpha value is -2.48. The summed E-state index contributed by atoms with van der Waals surface area (Å²) in [6.07, 6.45) is 0.457. The third-order valence-electron chi connectivity index (χ3n) is 4.04. The molecular formula is C17H19FN4O2S. The van der Waals surface area contributed by atoms with Crippen molar-refractivity contribution >= 4 is 29.0 Å². The van der Waals surface area contributed by atoms with Crippen LogP contribution in [-0.4, -0.2) is 22.8 Å². The largest absolute Gasteiger partial charge is 0.368 e. The molecule has 0 saturated heterocycles. The number of anilines is 1. The van der Waals surface area contributed by atoms with E-state index in [1.54, 1.807) is 0 Å². The molecule has 2 aromatic rings. The van der Waals surface area contributed by atoms with Gasteiger partial charge in [0.2, 0.25) is 5.91 Å². The van der Waals surface area contributed by atoms with Gasteiger partial charge in [-0.25, -0.2) is 9.37 Å². The number of carbonyl (C=O) groups excluding carboxylic acids is 2. The first kappa shape index (κ1) is 17.3. The summed E-state index contributed by atoms with van der Waals surface area (Å²) in [6, 6.07) is 1.08. The maximum atomic E-state index is 14.9. The van der Waals surface area contributed by atoms with Crippen molar-refractivity contribution in [2.24, 2.45) is 11.7 Å². The second-order valence-corrected chi connectivity index (χ2v) is 7.18. The number of aromatic nitrogens is 1. The standard InChI is InChI=1S/C17H19FN4O2S/c1-8(2)5-11(15(19)23)21-16-13(18)10-6-20-17(24)12(10)14(22-16)9-3-4-25-7-9/h3-4,7-8,11H,5-6H2,1-2H3,(H2,19,23)(H,20,24)(H,21,22). The van der Waals surface area contributed by atoms with Crippen LogP contribution in [0, 0.1) is 11.7 Å². The Morgan fingerprint density at radius 2 is 2.28 bits per heavy atom. The Bertz CT molecular complexity index is 821. The highest BCUT2D eigenvalue weighted by molar-refractivity contribution is 7.08. The number of nitrogens with two attached hydrogens (primary N) is 1. The number of fused-ring (bicyclic) bond motifs is 1. The van der Waals surface area contributed by atoms with E-state index in [4.69, 9.17) is 5.73 Å². The second-order valence-electron chi connectivity index (χ2n) is 6.40. The number of rotatable bonds is 6. The van der Waals surface area contributed by atoms with E-state index in [0.29, 0.717) is 12.1 Å². The minimum atomic E-state index is -0.736. The van der Waals surface area contributed by atoms with E-state index < -0.39 is 17.8 Å². The van der Waals surface area contributed by atoms with Crippen LogP contribution in [0.25, 0.3) is 11.3 Å². The van der Waals surface area contributed by atoms with Gasteiger partial charge < -0.3 is 16.4 Å². The molecule has 1 aliphatic rings. The maximum Gasteiger partial charge on any atom is 0.254 e. The van der Waals surface area contributed by atoms with Gasteiger partial charge in [-0.15, -0.1) is 0 Å². The van der Waals surface area contributed by atoms with E-state index in [0.717, 1.165) is 5.56 Å². The predicted octanol–water partition coefficient (Wildman–Crippen LogP) is 2.50. The van der Waals surface area contributed by atoms with Crippen LogP contribution in [0.1, 0.15) is 36.2 Å². The summed E-state index contributed by atoms with van der Waals surface area (Å²) < 4.78 is 14.9. The minimum Gasteiger partial charge on any atom is -0.368 e. The molecule has 0 bridgehead atoms. The molecule has 6 nitrogen and oxygen atoms in total. The van der Waals surface area contributed by atoms with Crippen molar-refractivity contribution in [3.8, 4) is 11.3 Å². The first-order chi connectivity index (χ1) is 11.9. The number of amides is 2. The zero-order valence-electron chi connectivity index (χ0n) is 13.9. The van der Waals surface area contributed by atoms with Crippen molar-refractivity contribution in [2.45, 2.75) is 32.9 Å². The fourth-order valence-corrected chi connectivity index (χ4v) is 3.51. The average Bonchev–Trinajstić information content (AvgIpc) is 3.19. The quantitative estimate of drug-likeness (QED) is 0.735. The van der Waals surface area contributed by atoms with Gasteiger partial charge in [0.1, 0.15) is 6.04 Å². The van der Waals surface area contributed by atoms with Crippen LogP contribution in [0.4, 0.5) is 10.2 Å². The SMILES string of the molecule is CC(C)CC(Nc1nc(-c2ccsc2)c2c(c1F)CNC2=O)C(N)=O. The van der Waals surface area contributed by atoms with Crippen molar-refractivity contribution in [1.82, 2.24) is 10.3 Å². The van der Waals surface area contributed by atoms with E-state index in [-0.39, 0.29) is 35.3 Å². The number of primary amides is 1. The number of hydrogen-bond donors (Lipinski definition) is 3. The fourth-order valence-electron chi connectivity index (χ4n) is 2.87. The smallest absolute Gasteiger partial charge is 0.254 e. The number of halogens is 1. The summed E-state index contributed by atoms with van der Waals surface area (Å²) in [5.74, 6) is -1.39. The summed E-state index contributed by atoms with van der Waals surface area (Å²) >= 11 is 1.46. The highest BCUT2D eigenvalue weighted by atomic mass is 32.1. The number of hydrogen-bond acceptors (Lipinski definition) is 5. The van der Waals surface area contributed by atoms with Crippen LogP contribution in [0.3, 0.4) is 0 Å². The Kier molecular flexibility index (Phi) is 4.71. The zero-order valence-corrected chi connectivity index (χ0v) is 14.7. The first-order valence-corrected chi connectivity index (χ1v) is 8.91. The van der Waals surface area contributed by atoms with Gasteiger partial charge in [-0.1, -0.05) is 13.8 Å². The molecule has 8 heteroatoms. The normalized spacial score (nSPS) is 14.3. The van der Waals surface area contributed by atoms with Crippen LogP contribution in [0.2, 0.25) is 0 Å². The third kappa shape index (κ3) is 3.34. The lowest BCUT2D eigenvalue weighted by molar-refractivity contribution is -0.119. The van der Waals surface area contributed by atoms with Gasteiger partial charge in [0.15, 0.2) is 11.6 Å². The van der Waals surface area contributed by atoms with Gasteiger partial charge in [0.25, 0.3) is 5.91 Å². The Balaban J connectivity index is 2.07. The number of pyridine rings is 1. The molecule has 0 fully saturated rings. The monoisotopic (exact) mass is 362 g/mol. The summed E-state index contributed by atoms with van der Waals surface area (Å²) in [5, 5.41) is 9.16. The highest BCUT2D eigenvalue weighted by Gasteiger charge is 2.31. The second kappa shape index (κ2) is 6.79. The number of carbonyl (C=O) groups is 2. The Morgan fingerprint density at radius 3 is 2.88 bits per heavy atom. The molecule has 0 radical (unpaired) electrons. The number of nitrogens with zero attached hydrogens (tertiary/aromatic N) is 1. The van der Waals surface area contributed by atoms with Gasteiger partial charge in [-0.05, 0) is 23.8 Å². The Labute approximate surface area is 148 Å². The Morgan fingerprint density at radius 1 is 1.52 bits per heavy atom. The van der Waals surface area contributed by atoms with Crippen molar-refractivity contribution < 1.29 is 14.0 Å². The summed E-state index contributed by atoms with van der Waals surface area (Å²) in [6.45, 7) is 3.99. The van der Waals surface area contributed by atoms with Crippen molar-refractivity contribution in [3.05, 3.63) is 33.8 Å². The number of nitrogens with one attached hydrogen (secondary N) is 2. The molecule has 1 atom stereocenters. The zero-order chi connectivity index (χ0) is 18.1. The summed E-state index contributed by atoms with van der Waals surface area (Å²) in [4.78, 5) is 28.1. The molecule has 1 aliphatic heterocycles. The molecule has 0 aromatic carbocycles. The topological polar surface area (TPSA) is 97.1 Å². The van der Waals surface area contributed by atoms with E-state index in [1.165, 1.54) is 11.3 Å². The van der Waals surface area contributed by atoms with Crippen molar-refractivity contribution in [3.63, 3.8) is 0 Å². The average molecular weight is 362 g/mol. The number of thiophene rings is 1. The van der Waals surface area contributed by atoms with Crippen LogP contribution < -0.4 is 16.4 Å². The van der Waals surface area contributed by atoms with Gasteiger partial charge in [-0.2, -0.15) is 11.3 Å². The summed E-state index contributed by atoms with van der Waals surface area (Å²) in [5.41, 5.74) is 7.09. The molecule has 0 spiro atoms. The fraction of sp³-hybridized carbons (Fsp3) is 0.353. The van der Waals surface area contributed by atoms with E-state index in [2.05, 4.69) is 15.6 Å². The molecule has 4 N–H and O–H groups in total. The molecule has 0 saturated carbocycles. The molecule has 3 heterocycles. The molecular weight excluding hydrogens is 343 g/mol. The van der Waals surface area contributed by atoms with Crippen LogP contribution in [-0.2, 0) is 11.3 Å². The maximum absolute atomic E-state index is 14.9. The van der Waals surface area contributed by atoms with E-state index >= 15 is 0 Å². The lowest BCUT2D eigenvalue weighted by Gasteiger charge is -2.19. The molecule has 132 valence electrons. The van der Waals surface area contributed by atoms with Crippen molar-refractivity contribution in [2.75, 3.05) is 5.32 Å². The van der Waals surface area contributed by atoms with Crippen molar-refractivity contribution in [1.29, 1.82) is 0 Å². The lowest BCUT2D eigenvalue weighted by Crippen LogP contribution is -2.37. The van der Waals surface area contributed by atoms with Crippen LogP contribution >= 0.6 is 11.3 Å². The van der Waals surface area contributed by atoms with Crippen LogP contribution in [0.5, 0.6) is 0 Å². The molecule has 3 rings (SSSR count). The molecule has 1 unspecified atom stereocenters. The summed E-state index contributed by atoms with van der Waals surface area (Å²) in [7, 11) is 0. The highest BCUT2D eigenvalue weighted by Crippen LogP contribution is 2.33. The van der Waals surface area contributed by atoms with Crippen LogP contribution in [0.15, 0.2) is 16.8 Å². The first-order valence-electron chi connectivity index (χ1n) is 7.97. The molecule has 2 amide bonds.